The molecule has 1 unspecified atom stereocenters. The standard InChI is InChI=1S/C13H18N2O6S/c1-13(8-21-3,12(17)18)15-11(16)9-4-6-10(7-5-9)22(19,20)14-2/h4-7,14H,8H2,1-3H3,(H,15,16)(H,17,18). The summed E-state index contributed by atoms with van der Waals surface area (Å²) >= 11 is 0. The van der Waals surface area contributed by atoms with Gasteiger partial charge in [-0.15, -0.1) is 0 Å². The second-order valence-corrected chi connectivity index (χ2v) is 6.64. The number of carboxylic acids is 1. The molecule has 0 fully saturated rings. The molecule has 1 rings (SSSR count). The highest BCUT2D eigenvalue weighted by atomic mass is 32.2. The number of hydrogen-bond donors (Lipinski definition) is 3. The topological polar surface area (TPSA) is 122 Å². The molecule has 9 heteroatoms. The Hall–Kier alpha value is -1.97. The number of rotatable bonds is 7. The number of carboxylic acid groups (broad SMARTS) is 1. The molecule has 0 bridgehead atoms. The summed E-state index contributed by atoms with van der Waals surface area (Å²) in [6.45, 7) is 1.11. The maximum atomic E-state index is 12.1. The molecule has 1 amide bonds. The zero-order chi connectivity index (χ0) is 17.0. The maximum absolute atomic E-state index is 12.1. The number of nitrogens with one attached hydrogen (secondary N) is 2. The highest BCUT2D eigenvalue weighted by molar-refractivity contribution is 7.89. The van der Waals surface area contributed by atoms with Gasteiger partial charge in [-0.05, 0) is 38.2 Å². The Morgan fingerprint density at radius 1 is 1.27 bits per heavy atom. The lowest BCUT2D eigenvalue weighted by Crippen LogP contribution is -2.55. The first-order chi connectivity index (χ1) is 10.2. The molecule has 0 spiro atoms. The quantitative estimate of drug-likeness (QED) is 0.637. The Bertz CT molecular complexity index is 656. The van der Waals surface area contributed by atoms with Gasteiger partial charge in [-0.2, -0.15) is 0 Å². The van der Waals surface area contributed by atoms with E-state index in [1.165, 1.54) is 45.3 Å². The van der Waals surface area contributed by atoms with Gasteiger partial charge in [0, 0.05) is 12.7 Å². The molecule has 0 saturated carbocycles. The molecule has 22 heavy (non-hydrogen) atoms. The minimum atomic E-state index is -3.59. The number of carbonyl (C=O) groups excluding carboxylic acids is 1. The number of sulfonamides is 1. The summed E-state index contributed by atoms with van der Waals surface area (Å²) in [7, 11) is -0.993. The predicted octanol–water partition coefficient (Wildman–Crippen LogP) is -0.186. The number of amides is 1. The lowest BCUT2D eigenvalue weighted by atomic mass is 10.0. The molecule has 0 aliphatic carbocycles. The van der Waals surface area contributed by atoms with Crippen LogP contribution >= 0.6 is 0 Å². The van der Waals surface area contributed by atoms with Gasteiger partial charge < -0.3 is 15.2 Å². The predicted molar refractivity (Wildman–Crippen MR) is 78.1 cm³/mol. The Balaban J connectivity index is 2.97. The van der Waals surface area contributed by atoms with Crippen LogP contribution in [0.4, 0.5) is 0 Å². The summed E-state index contributed by atoms with van der Waals surface area (Å²) in [6, 6.07) is 5.12. The molecular weight excluding hydrogens is 312 g/mol. The molecule has 0 saturated heterocycles. The highest BCUT2D eigenvalue weighted by Crippen LogP contribution is 2.12. The average Bonchev–Trinajstić information content (AvgIpc) is 2.47. The van der Waals surface area contributed by atoms with E-state index < -0.39 is 27.4 Å². The van der Waals surface area contributed by atoms with Gasteiger partial charge in [-0.25, -0.2) is 17.9 Å². The summed E-state index contributed by atoms with van der Waals surface area (Å²) in [4.78, 5) is 23.3. The fraction of sp³-hybridized carbons (Fsp3) is 0.385. The number of hydrogen-bond acceptors (Lipinski definition) is 5. The van der Waals surface area contributed by atoms with E-state index in [1.54, 1.807) is 0 Å². The summed E-state index contributed by atoms with van der Waals surface area (Å²) in [5, 5.41) is 11.5. The third-order valence-electron chi connectivity index (χ3n) is 2.99. The first-order valence-electron chi connectivity index (χ1n) is 6.25. The summed E-state index contributed by atoms with van der Waals surface area (Å²) in [6.07, 6.45) is 0. The van der Waals surface area contributed by atoms with Crippen LogP contribution in [0.25, 0.3) is 0 Å². The van der Waals surface area contributed by atoms with Gasteiger partial charge >= 0.3 is 5.97 Å². The fourth-order valence-electron chi connectivity index (χ4n) is 1.67. The van der Waals surface area contributed by atoms with Crippen molar-refractivity contribution < 1.29 is 27.9 Å². The molecule has 0 aliphatic heterocycles. The van der Waals surface area contributed by atoms with Crippen LogP contribution in [0, 0.1) is 0 Å². The Labute approximate surface area is 128 Å². The summed E-state index contributed by atoms with van der Waals surface area (Å²) in [5.41, 5.74) is -1.44. The van der Waals surface area contributed by atoms with Crippen molar-refractivity contribution in [3.8, 4) is 0 Å². The summed E-state index contributed by atoms with van der Waals surface area (Å²) in [5.74, 6) is -1.88. The molecule has 1 atom stereocenters. The lowest BCUT2D eigenvalue weighted by molar-refractivity contribution is -0.145. The van der Waals surface area contributed by atoms with Gasteiger partial charge in [0.25, 0.3) is 5.91 Å². The number of methoxy groups -OCH3 is 1. The zero-order valence-corrected chi connectivity index (χ0v) is 13.2. The van der Waals surface area contributed by atoms with Crippen LogP contribution in [0.15, 0.2) is 29.2 Å². The largest absolute Gasteiger partial charge is 0.479 e. The van der Waals surface area contributed by atoms with Crippen molar-refractivity contribution in [3.05, 3.63) is 29.8 Å². The summed E-state index contributed by atoms with van der Waals surface area (Å²) < 4.78 is 30.1. The van der Waals surface area contributed by atoms with Gasteiger partial charge in [0.1, 0.15) is 0 Å². The molecule has 122 valence electrons. The molecular formula is C13H18N2O6S. The van der Waals surface area contributed by atoms with E-state index in [9.17, 15) is 18.0 Å². The van der Waals surface area contributed by atoms with Crippen LogP contribution in [0.5, 0.6) is 0 Å². The Kier molecular flexibility index (Phi) is 5.64. The molecule has 0 aromatic heterocycles. The second-order valence-electron chi connectivity index (χ2n) is 4.76. The Morgan fingerprint density at radius 3 is 2.23 bits per heavy atom. The van der Waals surface area contributed by atoms with Crippen molar-refractivity contribution in [3.63, 3.8) is 0 Å². The SMILES string of the molecule is CNS(=O)(=O)c1ccc(C(=O)NC(C)(COC)C(=O)O)cc1. The smallest absolute Gasteiger partial charge is 0.331 e. The number of carbonyl (C=O) groups is 2. The molecule has 0 heterocycles. The van der Waals surface area contributed by atoms with Gasteiger partial charge in [0.05, 0.1) is 11.5 Å². The van der Waals surface area contributed by atoms with Crippen LogP contribution in [0.1, 0.15) is 17.3 Å². The first kappa shape index (κ1) is 18.1. The van der Waals surface area contributed by atoms with Gasteiger partial charge in [-0.1, -0.05) is 0 Å². The second kappa shape index (κ2) is 6.86. The van der Waals surface area contributed by atoms with Crippen molar-refractivity contribution >= 4 is 21.9 Å². The number of benzene rings is 1. The van der Waals surface area contributed by atoms with E-state index >= 15 is 0 Å². The minimum Gasteiger partial charge on any atom is -0.479 e. The number of aliphatic carboxylic acids is 1. The molecule has 1 aromatic carbocycles. The van der Waals surface area contributed by atoms with Crippen LogP contribution in [0.2, 0.25) is 0 Å². The maximum Gasteiger partial charge on any atom is 0.331 e. The van der Waals surface area contributed by atoms with Crippen LogP contribution in [-0.2, 0) is 19.6 Å². The third kappa shape index (κ3) is 4.03. The molecule has 0 radical (unpaired) electrons. The van der Waals surface area contributed by atoms with Crippen molar-refractivity contribution in [1.29, 1.82) is 0 Å². The fourth-order valence-corrected chi connectivity index (χ4v) is 2.40. The normalized spacial score (nSPS) is 14.1. The van der Waals surface area contributed by atoms with Crippen LogP contribution in [-0.4, -0.2) is 51.7 Å². The van der Waals surface area contributed by atoms with Crippen LogP contribution < -0.4 is 10.0 Å². The number of ether oxygens (including phenoxy) is 1. The molecule has 0 aliphatic rings. The van der Waals surface area contributed by atoms with E-state index in [0.29, 0.717) is 0 Å². The van der Waals surface area contributed by atoms with Gasteiger partial charge in [0.15, 0.2) is 5.54 Å². The first-order valence-corrected chi connectivity index (χ1v) is 7.73. The van der Waals surface area contributed by atoms with Gasteiger partial charge in [-0.3, -0.25) is 4.79 Å². The third-order valence-corrected chi connectivity index (χ3v) is 4.42. The molecule has 8 nitrogen and oxygen atoms in total. The van der Waals surface area contributed by atoms with Crippen LogP contribution in [0.3, 0.4) is 0 Å². The van der Waals surface area contributed by atoms with Crippen molar-refractivity contribution in [1.82, 2.24) is 10.0 Å². The van der Waals surface area contributed by atoms with Crippen molar-refractivity contribution in [2.24, 2.45) is 0 Å². The average molecular weight is 330 g/mol. The lowest BCUT2D eigenvalue weighted by Gasteiger charge is -2.25. The molecule has 3 N–H and O–H groups in total. The molecule has 1 aromatic rings. The van der Waals surface area contributed by atoms with E-state index in [-0.39, 0.29) is 17.1 Å². The van der Waals surface area contributed by atoms with E-state index in [0.717, 1.165) is 0 Å². The van der Waals surface area contributed by atoms with E-state index in [1.807, 2.05) is 0 Å². The van der Waals surface area contributed by atoms with Crippen molar-refractivity contribution in [2.75, 3.05) is 20.8 Å². The Morgan fingerprint density at radius 2 is 1.82 bits per heavy atom. The zero-order valence-electron chi connectivity index (χ0n) is 12.4. The van der Waals surface area contributed by atoms with Gasteiger partial charge in [0.2, 0.25) is 10.0 Å². The highest BCUT2D eigenvalue weighted by Gasteiger charge is 2.35. The monoisotopic (exact) mass is 330 g/mol. The minimum absolute atomic E-state index is 0.00411. The van der Waals surface area contributed by atoms with Crippen molar-refractivity contribution in [2.45, 2.75) is 17.4 Å². The van der Waals surface area contributed by atoms with E-state index in [4.69, 9.17) is 9.84 Å². The van der Waals surface area contributed by atoms with E-state index in [2.05, 4.69) is 10.0 Å².